The summed E-state index contributed by atoms with van der Waals surface area (Å²) in [6, 6.07) is 24.3. The van der Waals surface area contributed by atoms with Crippen LogP contribution >= 0.6 is 0 Å². The molecule has 0 aliphatic heterocycles. The fraction of sp³-hybridized carbons (Fsp3) is 0.0909. The Morgan fingerprint density at radius 2 is 1.50 bits per heavy atom. The second-order valence-corrected chi connectivity index (χ2v) is 6.17. The molecule has 2 aromatic heterocycles. The van der Waals surface area contributed by atoms with Crippen LogP contribution in [0, 0.1) is 0 Å². The summed E-state index contributed by atoms with van der Waals surface area (Å²) < 4.78 is 1.98. The summed E-state index contributed by atoms with van der Waals surface area (Å²) in [6.07, 6.45) is 2.45. The first kappa shape index (κ1) is 16.1. The lowest BCUT2D eigenvalue weighted by molar-refractivity contribution is -0.136. The maximum absolute atomic E-state index is 11.1. The Bertz CT molecular complexity index is 1050. The number of imidazole rings is 1. The molecule has 0 aliphatic carbocycles. The number of carbonyl (C=O) groups is 1. The van der Waals surface area contributed by atoms with Crippen molar-refractivity contribution in [1.29, 1.82) is 0 Å². The number of rotatable bonds is 5. The van der Waals surface area contributed by atoms with Gasteiger partial charge < -0.3 is 9.51 Å². The Morgan fingerprint density at radius 1 is 0.846 bits per heavy atom. The first-order valence-corrected chi connectivity index (χ1v) is 8.56. The van der Waals surface area contributed by atoms with E-state index in [0.29, 0.717) is 6.42 Å². The van der Waals surface area contributed by atoms with E-state index in [2.05, 4.69) is 24.3 Å². The third-order valence-electron chi connectivity index (χ3n) is 4.47. The predicted molar refractivity (Wildman–Crippen MR) is 102 cm³/mol. The van der Waals surface area contributed by atoms with Crippen molar-refractivity contribution < 1.29 is 9.90 Å². The number of pyridine rings is 1. The van der Waals surface area contributed by atoms with Crippen LogP contribution in [0.25, 0.3) is 28.0 Å². The van der Waals surface area contributed by atoms with E-state index in [1.54, 1.807) is 0 Å². The number of aliphatic carboxylic acids is 1. The first-order valence-electron chi connectivity index (χ1n) is 8.56. The lowest BCUT2D eigenvalue weighted by atomic mass is 10.0. The Balaban J connectivity index is 1.76. The van der Waals surface area contributed by atoms with Crippen molar-refractivity contribution >= 4 is 11.6 Å². The van der Waals surface area contributed by atoms with Crippen LogP contribution in [0.5, 0.6) is 0 Å². The molecule has 2 heterocycles. The number of carboxylic acids is 1. The summed E-state index contributed by atoms with van der Waals surface area (Å²) in [5.41, 5.74) is 5.90. The zero-order valence-electron chi connectivity index (χ0n) is 14.2. The Hall–Kier alpha value is -3.40. The van der Waals surface area contributed by atoms with E-state index in [-0.39, 0.29) is 6.42 Å². The summed E-state index contributed by atoms with van der Waals surface area (Å²) in [6.45, 7) is 0. The van der Waals surface area contributed by atoms with Crippen molar-refractivity contribution in [1.82, 2.24) is 9.38 Å². The molecule has 4 rings (SSSR count). The fourth-order valence-electron chi connectivity index (χ4n) is 3.19. The van der Waals surface area contributed by atoms with Crippen molar-refractivity contribution in [3.63, 3.8) is 0 Å². The number of benzene rings is 2. The predicted octanol–water partition coefficient (Wildman–Crippen LogP) is 4.69. The second-order valence-electron chi connectivity index (χ2n) is 6.17. The van der Waals surface area contributed by atoms with Crippen LogP contribution in [0.15, 0.2) is 79.0 Å². The van der Waals surface area contributed by atoms with Crippen molar-refractivity contribution in [2.75, 3.05) is 0 Å². The van der Waals surface area contributed by atoms with E-state index < -0.39 is 5.97 Å². The lowest BCUT2D eigenvalue weighted by Crippen LogP contribution is -2.01. The monoisotopic (exact) mass is 342 g/mol. The SMILES string of the molecule is O=C(O)CCc1c(-c2ccc(-c3ccccc3)cc2)nc2ccccn12. The van der Waals surface area contributed by atoms with E-state index >= 15 is 0 Å². The average molecular weight is 342 g/mol. The fourth-order valence-corrected chi connectivity index (χ4v) is 3.19. The maximum atomic E-state index is 11.1. The van der Waals surface area contributed by atoms with Gasteiger partial charge in [0.2, 0.25) is 0 Å². The first-order chi connectivity index (χ1) is 12.7. The van der Waals surface area contributed by atoms with Gasteiger partial charge in [0.15, 0.2) is 0 Å². The topological polar surface area (TPSA) is 54.6 Å². The lowest BCUT2D eigenvalue weighted by Gasteiger charge is -2.06. The highest BCUT2D eigenvalue weighted by Crippen LogP contribution is 2.28. The third kappa shape index (κ3) is 3.09. The molecule has 0 bridgehead atoms. The van der Waals surface area contributed by atoms with Crippen LogP contribution in [0.2, 0.25) is 0 Å². The minimum atomic E-state index is -0.804. The molecular weight excluding hydrogens is 324 g/mol. The van der Waals surface area contributed by atoms with Gasteiger partial charge >= 0.3 is 5.97 Å². The van der Waals surface area contributed by atoms with Gasteiger partial charge in [0.1, 0.15) is 5.65 Å². The summed E-state index contributed by atoms with van der Waals surface area (Å²) in [5.74, 6) is -0.804. The van der Waals surface area contributed by atoms with Gasteiger partial charge in [-0.3, -0.25) is 4.79 Å². The van der Waals surface area contributed by atoms with Gasteiger partial charge in [0, 0.05) is 18.2 Å². The second kappa shape index (κ2) is 6.84. The molecule has 128 valence electrons. The summed E-state index contributed by atoms with van der Waals surface area (Å²) >= 11 is 0. The number of carboxylic acid groups (broad SMARTS) is 1. The van der Waals surface area contributed by atoms with Gasteiger partial charge in [-0.15, -0.1) is 0 Å². The smallest absolute Gasteiger partial charge is 0.303 e. The van der Waals surface area contributed by atoms with Gasteiger partial charge in [-0.05, 0) is 23.3 Å². The molecule has 0 saturated heterocycles. The maximum Gasteiger partial charge on any atom is 0.303 e. The molecule has 0 aliphatic rings. The summed E-state index contributed by atoms with van der Waals surface area (Å²) in [4.78, 5) is 15.8. The molecule has 0 spiro atoms. The highest BCUT2D eigenvalue weighted by atomic mass is 16.4. The molecule has 0 amide bonds. The summed E-state index contributed by atoms with van der Waals surface area (Å²) in [7, 11) is 0. The average Bonchev–Trinajstić information content (AvgIpc) is 3.06. The van der Waals surface area contributed by atoms with Crippen LogP contribution in [-0.4, -0.2) is 20.5 Å². The number of fused-ring (bicyclic) bond motifs is 1. The molecule has 2 aromatic carbocycles. The van der Waals surface area contributed by atoms with Crippen molar-refractivity contribution in [3.8, 4) is 22.4 Å². The molecule has 1 N–H and O–H groups in total. The van der Waals surface area contributed by atoms with E-state index in [0.717, 1.165) is 28.2 Å². The zero-order chi connectivity index (χ0) is 17.9. The molecule has 0 unspecified atom stereocenters. The van der Waals surface area contributed by atoms with Crippen LogP contribution in [0.1, 0.15) is 12.1 Å². The minimum Gasteiger partial charge on any atom is -0.481 e. The van der Waals surface area contributed by atoms with Gasteiger partial charge in [-0.1, -0.05) is 60.7 Å². The Kier molecular flexibility index (Phi) is 4.23. The number of aromatic nitrogens is 2. The standard InChI is InChI=1S/C22H18N2O2/c25-21(26)14-13-19-22(23-20-8-4-5-15-24(19)20)18-11-9-17(10-12-18)16-6-2-1-3-7-16/h1-12,15H,13-14H2,(H,25,26). The molecule has 4 heteroatoms. The number of hydrogen-bond donors (Lipinski definition) is 1. The number of nitrogens with zero attached hydrogens (tertiary/aromatic N) is 2. The molecule has 4 nitrogen and oxygen atoms in total. The van der Waals surface area contributed by atoms with E-state index in [1.165, 1.54) is 5.56 Å². The Labute approximate surface area is 151 Å². The van der Waals surface area contributed by atoms with Gasteiger partial charge in [-0.25, -0.2) is 4.98 Å². The van der Waals surface area contributed by atoms with Gasteiger partial charge in [0.25, 0.3) is 0 Å². The third-order valence-corrected chi connectivity index (χ3v) is 4.47. The molecule has 26 heavy (non-hydrogen) atoms. The zero-order valence-corrected chi connectivity index (χ0v) is 14.2. The molecule has 0 atom stereocenters. The molecule has 0 saturated carbocycles. The van der Waals surface area contributed by atoms with Crippen LogP contribution in [-0.2, 0) is 11.2 Å². The highest BCUT2D eigenvalue weighted by molar-refractivity contribution is 5.73. The van der Waals surface area contributed by atoms with Crippen molar-refractivity contribution in [2.45, 2.75) is 12.8 Å². The Morgan fingerprint density at radius 3 is 2.23 bits per heavy atom. The summed E-state index contributed by atoms with van der Waals surface area (Å²) in [5, 5.41) is 9.08. The largest absolute Gasteiger partial charge is 0.481 e. The molecular formula is C22H18N2O2. The van der Waals surface area contributed by atoms with Gasteiger partial charge in [-0.2, -0.15) is 0 Å². The molecule has 0 radical (unpaired) electrons. The van der Waals surface area contributed by atoms with Crippen molar-refractivity contribution in [3.05, 3.63) is 84.7 Å². The van der Waals surface area contributed by atoms with Gasteiger partial charge in [0.05, 0.1) is 17.8 Å². The van der Waals surface area contributed by atoms with Crippen LogP contribution in [0.4, 0.5) is 0 Å². The van der Waals surface area contributed by atoms with E-state index in [9.17, 15) is 4.79 Å². The molecule has 4 aromatic rings. The van der Waals surface area contributed by atoms with E-state index in [1.807, 2.05) is 59.1 Å². The van der Waals surface area contributed by atoms with Crippen LogP contribution in [0.3, 0.4) is 0 Å². The normalized spacial score (nSPS) is 10.9. The number of aryl methyl sites for hydroxylation is 1. The highest BCUT2D eigenvalue weighted by Gasteiger charge is 2.15. The van der Waals surface area contributed by atoms with Crippen molar-refractivity contribution in [2.24, 2.45) is 0 Å². The minimum absolute atomic E-state index is 0.0811. The number of hydrogen-bond acceptors (Lipinski definition) is 2. The quantitative estimate of drug-likeness (QED) is 0.573. The van der Waals surface area contributed by atoms with Crippen LogP contribution < -0.4 is 0 Å². The van der Waals surface area contributed by atoms with E-state index in [4.69, 9.17) is 10.1 Å². The molecule has 0 fully saturated rings.